The van der Waals surface area contributed by atoms with Crippen LogP contribution in [0.1, 0.15) is 12.5 Å². The molecule has 56 heavy (non-hydrogen) atoms. The normalized spacial score (nSPS) is 14.0. The van der Waals surface area contributed by atoms with E-state index >= 15 is 0 Å². The van der Waals surface area contributed by atoms with Gasteiger partial charge in [-0.15, -0.1) is 0 Å². The van der Waals surface area contributed by atoms with E-state index in [1.165, 1.54) is 5.39 Å². The average Bonchev–Trinajstić information content (AvgIpc) is 3.80. The first-order valence-corrected chi connectivity index (χ1v) is 18.9. The van der Waals surface area contributed by atoms with Crippen LogP contribution in [-0.2, 0) is 0 Å². The van der Waals surface area contributed by atoms with Crippen LogP contribution in [0.25, 0.3) is 94.9 Å². The minimum Gasteiger partial charge on any atom is -0.331 e. The SMILES string of the molecule is C1=CCC(n2c3ccc(-c4ccccn4)cc3c3ccc4c5cc(-c6ccccn6)ccc5n(-c5nc(-c6ccccc6)nc(-c6ccccc6)n5)c4c32)C=C1. The molecule has 5 aromatic heterocycles. The number of allylic oxidation sites excluding steroid dienone is 4. The Hall–Kier alpha value is -7.51. The Balaban J connectivity index is 1.29. The molecule has 0 saturated heterocycles. The Labute approximate surface area is 322 Å². The van der Waals surface area contributed by atoms with Gasteiger partial charge < -0.3 is 4.57 Å². The lowest BCUT2D eigenvalue weighted by molar-refractivity contribution is 0.648. The molecule has 1 aliphatic rings. The number of fused-ring (bicyclic) bond motifs is 7. The molecule has 1 aliphatic carbocycles. The highest BCUT2D eigenvalue weighted by molar-refractivity contribution is 6.23. The van der Waals surface area contributed by atoms with Crippen molar-refractivity contribution in [2.45, 2.75) is 12.5 Å². The van der Waals surface area contributed by atoms with Crippen LogP contribution in [-0.4, -0.2) is 34.1 Å². The third-order valence-electron chi connectivity index (χ3n) is 10.8. The minimum atomic E-state index is 0.0972. The van der Waals surface area contributed by atoms with Gasteiger partial charge in [-0.25, -0.2) is 4.98 Å². The Morgan fingerprint density at radius 3 is 1.61 bits per heavy atom. The zero-order valence-corrected chi connectivity index (χ0v) is 30.2. The number of aromatic nitrogens is 7. The van der Waals surface area contributed by atoms with Crippen LogP contribution in [0.5, 0.6) is 0 Å². The smallest absolute Gasteiger partial charge is 0.238 e. The topological polar surface area (TPSA) is 74.3 Å². The summed E-state index contributed by atoms with van der Waals surface area (Å²) in [6.45, 7) is 0. The second-order valence-electron chi connectivity index (χ2n) is 14.1. The van der Waals surface area contributed by atoms with E-state index in [9.17, 15) is 0 Å². The molecule has 0 saturated carbocycles. The Morgan fingerprint density at radius 2 is 1.04 bits per heavy atom. The first-order chi connectivity index (χ1) is 27.8. The lowest BCUT2D eigenvalue weighted by Gasteiger charge is -2.19. The summed E-state index contributed by atoms with van der Waals surface area (Å²) in [4.78, 5) is 25.1. The average molecular weight is 720 g/mol. The van der Waals surface area contributed by atoms with Crippen LogP contribution in [0, 0.1) is 0 Å². The van der Waals surface area contributed by atoms with Gasteiger partial charge in [-0.3, -0.25) is 14.5 Å². The summed E-state index contributed by atoms with van der Waals surface area (Å²) in [6.07, 6.45) is 13.4. The maximum Gasteiger partial charge on any atom is 0.238 e. The predicted molar refractivity (Wildman–Crippen MR) is 226 cm³/mol. The van der Waals surface area contributed by atoms with Gasteiger partial charge in [0, 0.05) is 61.7 Å². The molecule has 0 aliphatic heterocycles. The third-order valence-corrected chi connectivity index (χ3v) is 10.8. The summed E-state index contributed by atoms with van der Waals surface area (Å²) in [5.41, 5.74) is 10.2. The van der Waals surface area contributed by atoms with Crippen molar-refractivity contribution in [3.05, 3.63) is 182 Å². The Bertz CT molecular complexity index is 3090. The van der Waals surface area contributed by atoms with Crippen molar-refractivity contribution in [3.8, 4) is 51.2 Å². The van der Waals surface area contributed by atoms with Crippen molar-refractivity contribution in [2.24, 2.45) is 0 Å². The third kappa shape index (κ3) is 5.24. The molecule has 1 atom stereocenters. The summed E-state index contributed by atoms with van der Waals surface area (Å²) in [7, 11) is 0. The maximum atomic E-state index is 5.29. The number of benzene rings is 5. The second kappa shape index (κ2) is 13.1. The van der Waals surface area contributed by atoms with E-state index in [1.807, 2.05) is 73.1 Å². The first kappa shape index (κ1) is 32.0. The van der Waals surface area contributed by atoms with E-state index < -0.39 is 0 Å². The standard InChI is InChI=1S/C49H33N7/c1-4-14-32(15-5-1)47-52-48(33-16-6-2-7-17-33)54-49(53-47)56-44-27-23-35(42-21-11-13-29-51-42)31-40(44)38-25-24-37-39-30-34(41-20-10-12-28-50-41)22-26-43(39)55(45(37)46(38)56)36-18-8-3-9-19-36/h1-18,20-31,36H,19H2. The lowest BCUT2D eigenvalue weighted by Crippen LogP contribution is -2.09. The van der Waals surface area contributed by atoms with Crippen molar-refractivity contribution in [3.63, 3.8) is 0 Å². The van der Waals surface area contributed by atoms with Gasteiger partial charge in [-0.2, -0.15) is 9.97 Å². The van der Waals surface area contributed by atoms with Gasteiger partial charge in [0.15, 0.2) is 11.6 Å². The summed E-state index contributed by atoms with van der Waals surface area (Å²) in [5, 5.41) is 4.53. The van der Waals surface area contributed by atoms with E-state index in [2.05, 4.69) is 118 Å². The Morgan fingerprint density at radius 1 is 0.464 bits per heavy atom. The van der Waals surface area contributed by atoms with Gasteiger partial charge in [0.05, 0.1) is 34.0 Å². The van der Waals surface area contributed by atoms with E-state index in [-0.39, 0.29) is 6.04 Å². The number of hydrogen-bond donors (Lipinski definition) is 0. The number of rotatable bonds is 6. The highest BCUT2D eigenvalue weighted by atomic mass is 15.2. The van der Waals surface area contributed by atoms with Crippen LogP contribution < -0.4 is 0 Å². The molecule has 7 nitrogen and oxygen atoms in total. The van der Waals surface area contributed by atoms with Crippen molar-refractivity contribution in [2.75, 3.05) is 0 Å². The molecule has 0 amide bonds. The van der Waals surface area contributed by atoms with E-state index in [0.717, 1.165) is 78.3 Å². The van der Waals surface area contributed by atoms with Crippen LogP contribution in [0.4, 0.5) is 0 Å². The van der Waals surface area contributed by atoms with Crippen LogP contribution in [0.15, 0.2) is 182 Å². The molecule has 264 valence electrons. The van der Waals surface area contributed by atoms with E-state index in [4.69, 9.17) is 24.9 Å². The lowest BCUT2D eigenvalue weighted by atomic mass is 10.0. The number of hydrogen-bond acceptors (Lipinski definition) is 5. The number of pyridine rings is 2. The van der Waals surface area contributed by atoms with Gasteiger partial charge in [0.2, 0.25) is 5.95 Å². The van der Waals surface area contributed by atoms with Gasteiger partial charge in [0.1, 0.15) is 0 Å². The molecule has 0 spiro atoms. The molecule has 0 N–H and O–H groups in total. The molecule has 7 heteroatoms. The second-order valence-corrected chi connectivity index (χ2v) is 14.1. The molecule has 5 heterocycles. The molecule has 10 aromatic rings. The maximum absolute atomic E-state index is 5.29. The summed E-state index contributed by atoms with van der Waals surface area (Å²) in [5.74, 6) is 1.78. The van der Waals surface area contributed by atoms with Crippen LogP contribution in [0.3, 0.4) is 0 Å². The molecule has 5 aromatic carbocycles. The van der Waals surface area contributed by atoms with Crippen molar-refractivity contribution < 1.29 is 0 Å². The highest BCUT2D eigenvalue weighted by Gasteiger charge is 2.26. The Kier molecular flexibility index (Phi) is 7.48. The summed E-state index contributed by atoms with van der Waals surface area (Å²) >= 11 is 0. The van der Waals surface area contributed by atoms with Gasteiger partial charge >= 0.3 is 0 Å². The highest BCUT2D eigenvalue weighted by Crippen LogP contribution is 2.44. The largest absolute Gasteiger partial charge is 0.331 e. The summed E-state index contributed by atoms with van der Waals surface area (Å²) in [6, 6.07) is 50.4. The van der Waals surface area contributed by atoms with E-state index in [1.54, 1.807) is 0 Å². The molecule has 0 radical (unpaired) electrons. The molecule has 0 fully saturated rings. The van der Waals surface area contributed by atoms with E-state index in [0.29, 0.717) is 17.6 Å². The van der Waals surface area contributed by atoms with Gasteiger partial charge in [-0.1, -0.05) is 121 Å². The zero-order chi connectivity index (χ0) is 37.0. The fourth-order valence-corrected chi connectivity index (χ4v) is 8.23. The molecular weight excluding hydrogens is 687 g/mol. The molecule has 1 unspecified atom stereocenters. The summed E-state index contributed by atoms with van der Waals surface area (Å²) < 4.78 is 4.77. The van der Waals surface area contributed by atoms with Gasteiger partial charge in [-0.05, 0) is 55.0 Å². The fraction of sp³-hybridized carbons (Fsp3) is 0.0408. The monoisotopic (exact) mass is 719 g/mol. The molecule has 0 bridgehead atoms. The number of nitrogens with zero attached hydrogens (tertiary/aromatic N) is 7. The zero-order valence-electron chi connectivity index (χ0n) is 30.2. The van der Waals surface area contributed by atoms with Crippen LogP contribution in [0.2, 0.25) is 0 Å². The quantitative estimate of drug-likeness (QED) is 0.171. The predicted octanol–water partition coefficient (Wildman–Crippen LogP) is 11.6. The van der Waals surface area contributed by atoms with Crippen molar-refractivity contribution >= 4 is 43.6 Å². The minimum absolute atomic E-state index is 0.0972. The first-order valence-electron chi connectivity index (χ1n) is 18.9. The fourth-order valence-electron chi connectivity index (χ4n) is 8.23. The van der Waals surface area contributed by atoms with Crippen molar-refractivity contribution in [1.82, 2.24) is 34.1 Å². The van der Waals surface area contributed by atoms with Gasteiger partial charge in [0.25, 0.3) is 0 Å². The molecular formula is C49H33N7. The van der Waals surface area contributed by atoms with Crippen molar-refractivity contribution in [1.29, 1.82) is 0 Å². The van der Waals surface area contributed by atoms with Crippen LogP contribution >= 0.6 is 0 Å². The molecule has 11 rings (SSSR count).